The number of aliphatic hydroxyl groups excluding tert-OH is 1. The van der Waals surface area contributed by atoms with E-state index >= 15 is 0 Å². The third kappa shape index (κ3) is 4.70. The Balaban J connectivity index is 1.73. The van der Waals surface area contributed by atoms with E-state index < -0.39 is 17.9 Å². The van der Waals surface area contributed by atoms with E-state index in [1.807, 2.05) is 23.6 Å². The number of aliphatic hydroxyl groups is 1. The molecule has 1 heterocycles. The largest absolute Gasteiger partial charge is 0.388 e. The fourth-order valence-corrected chi connectivity index (χ4v) is 2.48. The quantitative estimate of drug-likeness (QED) is 0.739. The van der Waals surface area contributed by atoms with Crippen molar-refractivity contribution in [3.8, 4) is 0 Å². The van der Waals surface area contributed by atoms with Crippen molar-refractivity contribution in [2.45, 2.75) is 12.5 Å². The van der Waals surface area contributed by atoms with Crippen LogP contribution in [0.15, 0.2) is 47.8 Å². The van der Waals surface area contributed by atoms with Gasteiger partial charge in [0.05, 0.1) is 6.10 Å². The molecule has 1 unspecified atom stereocenters. The van der Waals surface area contributed by atoms with Crippen LogP contribution in [0.1, 0.15) is 17.4 Å². The van der Waals surface area contributed by atoms with Gasteiger partial charge in [0.15, 0.2) is 0 Å². The van der Waals surface area contributed by atoms with Crippen LogP contribution in [0.2, 0.25) is 0 Å². The number of para-hydroxylation sites is 1. The molecule has 0 bridgehead atoms. The maximum atomic E-state index is 11.6. The van der Waals surface area contributed by atoms with Gasteiger partial charge in [-0.25, -0.2) is 0 Å². The van der Waals surface area contributed by atoms with E-state index in [0.717, 1.165) is 4.88 Å². The number of hydrogen-bond donors (Lipinski definition) is 3. The molecular weight excluding hydrogens is 288 g/mol. The minimum absolute atomic E-state index is 0.236. The SMILES string of the molecule is O=C(NCCC(O)c1cccs1)C(=O)Nc1ccccc1. The molecule has 0 fully saturated rings. The summed E-state index contributed by atoms with van der Waals surface area (Å²) < 4.78 is 0. The number of rotatable bonds is 5. The Kier molecular flexibility index (Phi) is 5.48. The lowest BCUT2D eigenvalue weighted by Gasteiger charge is -2.09. The molecule has 0 saturated carbocycles. The van der Waals surface area contributed by atoms with Crippen LogP contribution in [-0.4, -0.2) is 23.5 Å². The highest BCUT2D eigenvalue weighted by atomic mass is 32.1. The van der Waals surface area contributed by atoms with Crippen molar-refractivity contribution in [2.75, 3.05) is 11.9 Å². The Labute approximate surface area is 126 Å². The summed E-state index contributed by atoms with van der Waals surface area (Å²) in [6, 6.07) is 12.4. The number of benzene rings is 1. The van der Waals surface area contributed by atoms with E-state index in [1.165, 1.54) is 11.3 Å². The topological polar surface area (TPSA) is 78.4 Å². The lowest BCUT2D eigenvalue weighted by atomic mass is 10.2. The van der Waals surface area contributed by atoms with Gasteiger partial charge in [-0.1, -0.05) is 24.3 Å². The first-order chi connectivity index (χ1) is 10.2. The summed E-state index contributed by atoms with van der Waals surface area (Å²) in [5.74, 6) is -1.43. The Morgan fingerprint density at radius 1 is 1.10 bits per heavy atom. The molecule has 0 spiro atoms. The van der Waals surface area contributed by atoms with Gasteiger partial charge in [-0.3, -0.25) is 9.59 Å². The Morgan fingerprint density at radius 3 is 2.52 bits per heavy atom. The Bertz CT molecular complexity index is 584. The van der Waals surface area contributed by atoms with Gasteiger partial charge in [-0.2, -0.15) is 0 Å². The van der Waals surface area contributed by atoms with Crippen LogP contribution < -0.4 is 10.6 Å². The number of hydrogen-bond acceptors (Lipinski definition) is 4. The summed E-state index contributed by atoms with van der Waals surface area (Å²) in [5.41, 5.74) is 0.566. The maximum Gasteiger partial charge on any atom is 0.313 e. The van der Waals surface area contributed by atoms with Crippen LogP contribution in [0.25, 0.3) is 0 Å². The highest BCUT2D eigenvalue weighted by Gasteiger charge is 2.14. The minimum Gasteiger partial charge on any atom is -0.388 e. The number of anilines is 1. The van der Waals surface area contributed by atoms with Crippen molar-refractivity contribution in [1.82, 2.24) is 5.32 Å². The first-order valence-electron chi connectivity index (χ1n) is 6.52. The lowest BCUT2D eigenvalue weighted by molar-refractivity contribution is -0.136. The van der Waals surface area contributed by atoms with Gasteiger partial charge in [-0.15, -0.1) is 11.3 Å². The van der Waals surface area contributed by atoms with E-state index in [4.69, 9.17) is 0 Å². The summed E-state index contributed by atoms with van der Waals surface area (Å²) in [7, 11) is 0. The second-order valence-corrected chi connectivity index (χ2v) is 5.38. The van der Waals surface area contributed by atoms with Crippen molar-refractivity contribution in [1.29, 1.82) is 0 Å². The molecule has 2 rings (SSSR count). The van der Waals surface area contributed by atoms with E-state index in [9.17, 15) is 14.7 Å². The minimum atomic E-state index is -0.716. The Hall–Kier alpha value is -2.18. The van der Waals surface area contributed by atoms with Crippen LogP contribution in [0.3, 0.4) is 0 Å². The van der Waals surface area contributed by atoms with Gasteiger partial charge < -0.3 is 15.7 Å². The van der Waals surface area contributed by atoms with Crippen molar-refractivity contribution in [3.63, 3.8) is 0 Å². The molecule has 1 aromatic carbocycles. The second kappa shape index (κ2) is 7.56. The Morgan fingerprint density at radius 2 is 1.86 bits per heavy atom. The number of amides is 2. The van der Waals surface area contributed by atoms with Gasteiger partial charge >= 0.3 is 11.8 Å². The van der Waals surface area contributed by atoms with Crippen molar-refractivity contribution in [2.24, 2.45) is 0 Å². The van der Waals surface area contributed by atoms with Crippen molar-refractivity contribution in [3.05, 3.63) is 52.7 Å². The molecule has 2 aromatic rings. The summed E-state index contributed by atoms with van der Waals surface area (Å²) in [6.45, 7) is 0.236. The maximum absolute atomic E-state index is 11.6. The molecule has 0 aliphatic carbocycles. The molecular formula is C15H16N2O3S. The zero-order valence-corrected chi connectivity index (χ0v) is 12.1. The molecule has 110 valence electrons. The van der Waals surface area contributed by atoms with E-state index in [2.05, 4.69) is 10.6 Å². The molecule has 1 atom stereocenters. The fraction of sp³-hybridized carbons (Fsp3) is 0.200. The normalized spacial score (nSPS) is 11.7. The molecule has 0 radical (unpaired) electrons. The fourth-order valence-electron chi connectivity index (χ4n) is 1.74. The third-order valence-corrected chi connectivity index (χ3v) is 3.79. The molecule has 2 amide bonds. The second-order valence-electron chi connectivity index (χ2n) is 4.40. The van der Waals surface area contributed by atoms with Crippen LogP contribution in [0.4, 0.5) is 5.69 Å². The summed E-state index contributed by atoms with van der Waals surface area (Å²) in [6.07, 6.45) is -0.257. The standard InChI is InChI=1S/C15H16N2O3S/c18-12(13-7-4-10-21-13)8-9-16-14(19)15(20)17-11-5-2-1-3-6-11/h1-7,10,12,18H,8-9H2,(H,16,19)(H,17,20). The van der Waals surface area contributed by atoms with Crippen LogP contribution in [-0.2, 0) is 9.59 Å². The average molecular weight is 304 g/mol. The first kappa shape index (κ1) is 15.2. The number of nitrogens with one attached hydrogen (secondary N) is 2. The van der Waals surface area contributed by atoms with Gasteiger partial charge in [0.1, 0.15) is 0 Å². The van der Waals surface area contributed by atoms with Gasteiger partial charge in [0.2, 0.25) is 0 Å². The monoisotopic (exact) mass is 304 g/mol. The predicted molar refractivity (Wildman–Crippen MR) is 82.0 cm³/mol. The summed E-state index contributed by atoms with van der Waals surface area (Å²) in [5, 5.41) is 16.7. The zero-order chi connectivity index (χ0) is 15.1. The van der Waals surface area contributed by atoms with Crippen LogP contribution >= 0.6 is 11.3 Å². The van der Waals surface area contributed by atoms with E-state index in [1.54, 1.807) is 24.3 Å². The molecule has 21 heavy (non-hydrogen) atoms. The van der Waals surface area contributed by atoms with Gasteiger partial charge in [0.25, 0.3) is 0 Å². The lowest BCUT2D eigenvalue weighted by Crippen LogP contribution is -2.36. The summed E-state index contributed by atoms with van der Waals surface area (Å²) in [4.78, 5) is 24.1. The third-order valence-electron chi connectivity index (χ3n) is 2.81. The first-order valence-corrected chi connectivity index (χ1v) is 7.40. The van der Waals surface area contributed by atoms with Crippen LogP contribution in [0, 0.1) is 0 Å². The van der Waals surface area contributed by atoms with Crippen LogP contribution in [0.5, 0.6) is 0 Å². The molecule has 5 nitrogen and oxygen atoms in total. The molecule has 1 aromatic heterocycles. The molecule has 0 aliphatic rings. The molecule has 3 N–H and O–H groups in total. The highest BCUT2D eigenvalue weighted by molar-refractivity contribution is 7.10. The van der Waals surface area contributed by atoms with Gasteiger partial charge in [0, 0.05) is 17.1 Å². The van der Waals surface area contributed by atoms with Gasteiger partial charge in [-0.05, 0) is 30.0 Å². The van der Waals surface area contributed by atoms with E-state index in [-0.39, 0.29) is 6.54 Å². The molecule has 0 aliphatic heterocycles. The number of carbonyl (C=O) groups is 2. The molecule has 0 saturated heterocycles. The van der Waals surface area contributed by atoms with E-state index in [0.29, 0.717) is 12.1 Å². The highest BCUT2D eigenvalue weighted by Crippen LogP contribution is 2.20. The number of thiophene rings is 1. The van der Waals surface area contributed by atoms with Crippen molar-refractivity contribution >= 4 is 28.8 Å². The average Bonchev–Trinajstić information content (AvgIpc) is 3.02. The molecule has 6 heteroatoms. The zero-order valence-electron chi connectivity index (χ0n) is 11.3. The number of carbonyl (C=O) groups excluding carboxylic acids is 2. The predicted octanol–water partition coefficient (Wildman–Crippen LogP) is 1.93. The summed E-state index contributed by atoms with van der Waals surface area (Å²) >= 11 is 1.46. The van der Waals surface area contributed by atoms with Crippen molar-refractivity contribution < 1.29 is 14.7 Å². The smallest absolute Gasteiger partial charge is 0.313 e.